The third kappa shape index (κ3) is 5.97. The Bertz CT molecular complexity index is 977. The lowest BCUT2D eigenvalue weighted by atomic mass is 9.94. The maximum atomic E-state index is 12.5. The molecule has 0 aromatic heterocycles. The summed E-state index contributed by atoms with van der Waals surface area (Å²) in [6.07, 6.45) is 0. The molecule has 3 rings (SSSR count). The molecule has 2 aromatic rings. The average molecular weight is 455 g/mol. The number of anilines is 2. The van der Waals surface area contributed by atoms with Gasteiger partial charge in [0.2, 0.25) is 5.91 Å². The Balaban J connectivity index is 1.52. The fourth-order valence-electron chi connectivity index (χ4n) is 3.50. The molecule has 0 atom stereocenters. The van der Waals surface area contributed by atoms with Gasteiger partial charge in [-0.05, 0) is 54.7 Å². The Morgan fingerprint density at radius 2 is 1.66 bits per heavy atom. The average Bonchev–Trinajstić information content (AvgIpc) is 2.78. The second-order valence-corrected chi connectivity index (χ2v) is 9.12. The van der Waals surface area contributed by atoms with Crippen molar-refractivity contribution in [3.05, 3.63) is 54.1 Å². The van der Waals surface area contributed by atoms with E-state index < -0.39 is 0 Å². The number of ether oxygens (including phenoxy) is 1. The van der Waals surface area contributed by atoms with Crippen molar-refractivity contribution in [2.45, 2.75) is 20.8 Å². The van der Waals surface area contributed by atoms with Crippen molar-refractivity contribution in [1.29, 1.82) is 0 Å². The molecule has 2 amide bonds. The van der Waals surface area contributed by atoms with E-state index in [0.29, 0.717) is 11.3 Å². The van der Waals surface area contributed by atoms with Crippen molar-refractivity contribution in [2.75, 3.05) is 43.5 Å². The standard InChI is InChI=1S/C24H30N4O3S/c1-24(2,3)22(30)28-14-12-27(13-15-28)19-10-8-18(9-11-19)25-23(32)26-21(29)17-6-5-7-20(16-17)31-4/h5-11,16H,12-15H2,1-4H3,(H2,25,26,29,32). The largest absolute Gasteiger partial charge is 0.497 e. The summed E-state index contributed by atoms with van der Waals surface area (Å²) in [5, 5.41) is 5.94. The van der Waals surface area contributed by atoms with Crippen LogP contribution in [0.1, 0.15) is 31.1 Å². The van der Waals surface area contributed by atoms with Gasteiger partial charge in [-0.2, -0.15) is 0 Å². The number of carbonyl (C=O) groups is 2. The van der Waals surface area contributed by atoms with Crippen LogP contribution in [-0.4, -0.2) is 55.1 Å². The predicted octanol–water partition coefficient (Wildman–Crippen LogP) is 3.52. The van der Waals surface area contributed by atoms with Crippen LogP contribution in [0.25, 0.3) is 0 Å². The highest BCUT2D eigenvalue weighted by atomic mass is 32.1. The molecule has 0 saturated carbocycles. The number of nitrogens with zero attached hydrogens (tertiary/aromatic N) is 2. The molecule has 0 spiro atoms. The molecule has 2 aromatic carbocycles. The normalized spacial score (nSPS) is 14.0. The molecular formula is C24H30N4O3S. The SMILES string of the molecule is COc1cccc(C(=O)NC(=S)Nc2ccc(N3CCN(C(=O)C(C)(C)C)CC3)cc2)c1. The molecule has 0 aliphatic carbocycles. The molecule has 8 heteroatoms. The number of piperazine rings is 1. The van der Waals surface area contributed by atoms with Gasteiger partial charge in [-0.25, -0.2) is 0 Å². The molecule has 1 saturated heterocycles. The van der Waals surface area contributed by atoms with Gasteiger partial charge in [-0.1, -0.05) is 26.8 Å². The van der Waals surface area contributed by atoms with E-state index in [-0.39, 0.29) is 22.3 Å². The molecule has 1 aliphatic heterocycles. The highest BCUT2D eigenvalue weighted by Crippen LogP contribution is 2.22. The number of hydrogen-bond donors (Lipinski definition) is 2. The first-order chi connectivity index (χ1) is 15.2. The fourth-order valence-corrected chi connectivity index (χ4v) is 3.71. The van der Waals surface area contributed by atoms with E-state index in [1.807, 2.05) is 49.9 Å². The zero-order valence-corrected chi connectivity index (χ0v) is 19.8. The van der Waals surface area contributed by atoms with E-state index in [1.54, 1.807) is 31.4 Å². The monoisotopic (exact) mass is 454 g/mol. The molecule has 1 fully saturated rings. The van der Waals surface area contributed by atoms with Gasteiger partial charge < -0.3 is 19.9 Å². The lowest BCUT2D eigenvalue weighted by molar-refractivity contribution is -0.139. The second-order valence-electron chi connectivity index (χ2n) is 8.72. The van der Waals surface area contributed by atoms with Gasteiger partial charge in [0.15, 0.2) is 5.11 Å². The molecule has 2 N–H and O–H groups in total. The van der Waals surface area contributed by atoms with E-state index >= 15 is 0 Å². The van der Waals surface area contributed by atoms with Crippen LogP contribution >= 0.6 is 12.2 Å². The minimum absolute atomic E-state index is 0.196. The van der Waals surface area contributed by atoms with Gasteiger partial charge in [0.1, 0.15) is 5.75 Å². The van der Waals surface area contributed by atoms with Gasteiger partial charge in [0.25, 0.3) is 5.91 Å². The number of rotatable bonds is 4. The van der Waals surface area contributed by atoms with E-state index in [0.717, 1.165) is 37.6 Å². The molecular weight excluding hydrogens is 424 g/mol. The van der Waals surface area contributed by atoms with Crippen molar-refractivity contribution >= 4 is 40.5 Å². The molecule has 1 aliphatic rings. The number of thiocarbonyl (C=S) groups is 1. The van der Waals surface area contributed by atoms with Crippen LogP contribution in [0.3, 0.4) is 0 Å². The third-order valence-electron chi connectivity index (χ3n) is 5.26. The molecule has 0 bridgehead atoms. The summed E-state index contributed by atoms with van der Waals surface area (Å²) in [6, 6.07) is 14.7. The number of carbonyl (C=O) groups excluding carboxylic acids is 2. The van der Waals surface area contributed by atoms with Crippen LogP contribution in [0.4, 0.5) is 11.4 Å². The van der Waals surface area contributed by atoms with Crippen LogP contribution in [0, 0.1) is 5.41 Å². The van der Waals surface area contributed by atoms with Crippen LogP contribution in [0.5, 0.6) is 5.75 Å². The lowest BCUT2D eigenvalue weighted by Crippen LogP contribution is -2.51. The summed E-state index contributed by atoms with van der Waals surface area (Å²) in [5.74, 6) is 0.498. The van der Waals surface area contributed by atoms with Crippen molar-refractivity contribution in [3.8, 4) is 5.75 Å². The minimum atomic E-state index is -0.351. The summed E-state index contributed by atoms with van der Waals surface area (Å²) < 4.78 is 5.15. The Labute approximate surface area is 194 Å². The second kappa shape index (κ2) is 9.99. The first-order valence-electron chi connectivity index (χ1n) is 10.6. The van der Waals surface area contributed by atoms with Crippen LogP contribution in [-0.2, 0) is 4.79 Å². The molecule has 170 valence electrons. The Morgan fingerprint density at radius 3 is 2.25 bits per heavy atom. The minimum Gasteiger partial charge on any atom is -0.497 e. The summed E-state index contributed by atoms with van der Waals surface area (Å²) in [5.41, 5.74) is 1.99. The number of benzene rings is 2. The van der Waals surface area contributed by atoms with Gasteiger partial charge in [-0.3, -0.25) is 14.9 Å². The fraction of sp³-hybridized carbons (Fsp3) is 0.375. The van der Waals surface area contributed by atoms with Crippen LogP contribution in [0.15, 0.2) is 48.5 Å². The van der Waals surface area contributed by atoms with Crippen molar-refractivity contribution in [2.24, 2.45) is 5.41 Å². The lowest BCUT2D eigenvalue weighted by Gasteiger charge is -2.38. The summed E-state index contributed by atoms with van der Waals surface area (Å²) in [7, 11) is 1.55. The molecule has 0 radical (unpaired) electrons. The predicted molar refractivity (Wildman–Crippen MR) is 131 cm³/mol. The molecule has 7 nitrogen and oxygen atoms in total. The smallest absolute Gasteiger partial charge is 0.257 e. The number of methoxy groups -OCH3 is 1. The maximum absolute atomic E-state index is 12.5. The highest BCUT2D eigenvalue weighted by Gasteiger charge is 2.29. The van der Waals surface area contributed by atoms with Crippen LogP contribution < -0.4 is 20.3 Å². The third-order valence-corrected chi connectivity index (χ3v) is 5.46. The maximum Gasteiger partial charge on any atom is 0.257 e. The van der Waals surface area contributed by atoms with E-state index in [1.165, 1.54) is 0 Å². The van der Waals surface area contributed by atoms with Gasteiger partial charge in [0, 0.05) is 48.5 Å². The summed E-state index contributed by atoms with van der Waals surface area (Å²) in [4.78, 5) is 29.0. The topological polar surface area (TPSA) is 73.9 Å². The molecule has 32 heavy (non-hydrogen) atoms. The van der Waals surface area contributed by atoms with Crippen molar-refractivity contribution < 1.29 is 14.3 Å². The van der Waals surface area contributed by atoms with E-state index in [4.69, 9.17) is 17.0 Å². The highest BCUT2D eigenvalue weighted by molar-refractivity contribution is 7.80. The Morgan fingerprint density at radius 1 is 1.00 bits per heavy atom. The zero-order valence-electron chi connectivity index (χ0n) is 19.0. The van der Waals surface area contributed by atoms with E-state index in [2.05, 4.69) is 15.5 Å². The summed E-state index contributed by atoms with van der Waals surface area (Å²) in [6.45, 7) is 8.89. The van der Waals surface area contributed by atoms with Crippen molar-refractivity contribution in [1.82, 2.24) is 10.2 Å². The Kier molecular flexibility index (Phi) is 7.35. The molecule has 0 unspecified atom stereocenters. The quantitative estimate of drug-likeness (QED) is 0.689. The first kappa shape index (κ1) is 23.5. The number of hydrogen-bond acceptors (Lipinski definition) is 5. The number of nitrogens with one attached hydrogen (secondary N) is 2. The Hall–Kier alpha value is -3.13. The van der Waals surface area contributed by atoms with Crippen molar-refractivity contribution in [3.63, 3.8) is 0 Å². The zero-order chi connectivity index (χ0) is 23.3. The van der Waals surface area contributed by atoms with E-state index in [9.17, 15) is 9.59 Å². The first-order valence-corrected chi connectivity index (χ1v) is 11.0. The van der Waals surface area contributed by atoms with Gasteiger partial charge in [-0.15, -0.1) is 0 Å². The van der Waals surface area contributed by atoms with Crippen LogP contribution in [0.2, 0.25) is 0 Å². The van der Waals surface area contributed by atoms with Gasteiger partial charge >= 0.3 is 0 Å². The summed E-state index contributed by atoms with van der Waals surface area (Å²) >= 11 is 5.28. The number of amides is 2. The van der Waals surface area contributed by atoms with Gasteiger partial charge in [0.05, 0.1) is 7.11 Å². The molecule has 1 heterocycles.